The number of hydrogen-bond acceptors (Lipinski definition) is 5. The zero-order valence-electron chi connectivity index (χ0n) is 17.3. The summed E-state index contributed by atoms with van der Waals surface area (Å²) < 4.78 is 0. The summed E-state index contributed by atoms with van der Waals surface area (Å²) in [5.74, 6) is -1.43. The molecule has 0 fully saturated rings. The van der Waals surface area contributed by atoms with Crippen molar-refractivity contribution < 1.29 is 14.7 Å². The Kier molecular flexibility index (Phi) is 5.03. The van der Waals surface area contributed by atoms with E-state index in [9.17, 15) is 14.7 Å². The number of benzene rings is 2. The lowest BCUT2D eigenvalue weighted by Crippen LogP contribution is -2.31. The second-order valence-corrected chi connectivity index (χ2v) is 8.77. The standard InChI is InChI=1S/C24H22N2O3S/c1-13-7-5-9-17(11-13)20-19(21(27)23-15(3)25-16(4)30-23)22(28)24(29)26(20)18-10-6-8-14(2)12-18/h5-12,20,28H,1-4H3. The van der Waals surface area contributed by atoms with Crippen LogP contribution in [0.2, 0.25) is 0 Å². The highest BCUT2D eigenvalue weighted by molar-refractivity contribution is 7.14. The van der Waals surface area contributed by atoms with Crippen LogP contribution in [0.15, 0.2) is 59.9 Å². The van der Waals surface area contributed by atoms with Gasteiger partial charge < -0.3 is 5.11 Å². The molecule has 0 radical (unpaired) electrons. The molecule has 1 unspecified atom stereocenters. The maximum absolute atomic E-state index is 13.5. The lowest BCUT2D eigenvalue weighted by atomic mass is 9.94. The minimum atomic E-state index is -0.714. The summed E-state index contributed by atoms with van der Waals surface area (Å²) in [7, 11) is 0. The largest absolute Gasteiger partial charge is 0.503 e. The summed E-state index contributed by atoms with van der Waals surface area (Å²) in [5.41, 5.74) is 4.10. The number of rotatable bonds is 4. The third-order valence-electron chi connectivity index (χ3n) is 5.20. The van der Waals surface area contributed by atoms with E-state index in [1.807, 2.05) is 69.3 Å². The van der Waals surface area contributed by atoms with E-state index in [1.165, 1.54) is 16.2 Å². The number of aromatic nitrogens is 1. The first-order chi connectivity index (χ1) is 14.3. The second-order valence-electron chi connectivity index (χ2n) is 7.57. The SMILES string of the molecule is Cc1cccc(C2C(C(=O)c3sc(C)nc3C)=C(O)C(=O)N2c2cccc(C)c2)c1. The Balaban J connectivity index is 1.92. The molecule has 2 aromatic carbocycles. The molecule has 30 heavy (non-hydrogen) atoms. The number of anilines is 1. The molecule has 1 atom stereocenters. The van der Waals surface area contributed by atoms with Gasteiger partial charge in [0, 0.05) is 5.69 Å². The van der Waals surface area contributed by atoms with Gasteiger partial charge in [0.25, 0.3) is 5.91 Å². The van der Waals surface area contributed by atoms with Crippen LogP contribution >= 0.6 is 11.3 Å². The third-order valence-corrected chi connectivity index (χ3v) is 6.27. The van der Waals surface area contributed by atoms with Crippen molar-refractivity contribution >= 4 is 28.7 Å². The number of aliphatic hydroxyl groups is 1. The molecule has 1 N–H and O–H groups in total. The summed E-state index contributed by atoms with van der Waals surface area (Å²) in [5, 5.41) is 11.6. The van der Waals surface area contributed by atoms with Gasteiger partial charge in [0.05, 0.1) is 27.2 Å². The maximum atomic E-state index is 13.5. The van der Waals surface area contributed by atoms with E-state index in [1.54, 1.807) is 6.92 Å². The van der Waals surface area contributed by atoms with Gasteiger partial charge in [0.15, 0.2) is 5.76 Å². The summed E-state index contributed by atoms with van der Waals surface area (Å²) in [6.07, 6.45) is 0. The molecule has 5 nitrogen and oxygen atoms in total. The molecule has 6 heteroatoms. The first-order valence-corrected chi connectivity index (χ1v) is 10.5. The van der Waals surface area contributed by atoms with Gasteiger partial charge in [0.2, 0.25) is 5.78 Å². The van der Waals surface area contributed by atoms with Crippen LogP contribution in [0.25, 0.3) is 0 Å². The van der Waals surface area contributed by atoms with E-state index in [-0.39, 0.29) is 11.4 Å². The van der Waals surface area contributed by atoms with Crippen LogP contribution in [0.5, 0.6) is 0 Å². The fourth-order valence-electron chi connectivity index (χ4n) is 3.90. The summed E-state index contributed by atoms with van der Waals surface area (Å²) in [4.78, 5) is 33.0. The van der Waals surface area contributed by atoms with Gasteiger partial charge >= 0.3 is 0 Å². The molecule has 0 spiro atoms. The highest BCUT2D eigenvalue weighted by Gasteiger charge is 2.45. The van der Waals surface area contributed by atoms with Crippen molar-refractivity contribution in [3.8, 4) is 0 Å². The molecule has 1 aromatic heterocycles. The predicted molar refractivity (Wildman–Crippen MR) is 118 cm³/mol. The Morgan fingerprint density at radius 2 is 1.70 bits per heavy atom. The third kappa shape index (κ3) is 3.33. The fraction of sp³-hybridized carbons (Fsp3) is 0.208. The van der Waals surface area contributed by atoms with Gasteiger partial charge in [-0.25, -0.2) is 4.98 Å². The van der Waals surface area contributed by atoms with Crippen molar-refractivity contribution in [2.75, 3.05) is 4.90 Å². The first kappa shape index (κ1) is 20.0. The van der Waals surface area contributed by atoms with Crippen LogP contribution in [0.3, 0.4) is 0 Å². The number of carbonyl (C=O) groups is 2. The molecule has 1 aliphatic heterocycles. The molecule has 2 heterocycles. The Hall–Kier alpha value is -3.25. The van der Waals surface area contributed by atoms with E-state index in [2.05, 4.69) is 4.98 Å². The normalized spacial score (nSPS) is 16.5. The molecule has 4 rings (SSSR count). The van der Waals surface area contributed by atoms with Crippen LogP contribution in [0.1, 0.15) is 43.1 Å². The van der Waals surface area contributed by atoms with Gasteiger partial charge in [-0.3, -0.25) is 14.5 Å². The minimum absolute atomic E-state index is 0.0962. The number of hydrogen-bond donors (Lipinski definition) is 1. The first-order valence-electron chi connectivity index (χ1n) is 9.66. The van der Waals surface area contributed by atoms with Crippen molar-refractivity contribution in [3.05, 3.63) is 92.1 Å². The van der Waals surface area contributed by atoms with Crippen LogP contribution in [-0.4, -0.2) is 21.8 Å². The number of amides is 1. The molecular formula is C24H22N2O3S. The van der Waals surface area contributed by atoms with Crippen LogP contribution in [0.4, 0.5) is 5.69 Å². The molecule has 152 valence electrons. The number of thiazole rings is 1. The number of Topliss-reactive ketones (excluding diaryl/α,β-unsaturated/α-hetero) is 1. The quantitative estimate of drug-likeness (QED) is 0.594. The Morgan fingerprint density at radius 1 is 1.03 bits per heavy atom. The van der Waals surface area contributed by atoms with Gasteiger partial charge in [-0.1, -0.05) is 42.0 Å². The molecular weight excluding hydrogens is 396 g/mol. The minimum Gasteiger partial charge on any atom is -0.503 e. The highest BCUT2D eigenvalue weighted by atomic mass is 32.1. The molecule has 0 saturated carbocycles. The average Bonchev–Trinajstić information content (AvgIpc) is 3.17. The van der Waals surface area contributed by atoms with Crippen molar-refractivity contribution in [2.24, 2.45) is 0 Å². The van der Waals surface area contributed by atoms with Gasteiger partial charge in [-0.2, -0.15) is 0 Å². The lowest BCUT2D eigenvalue weighted by molar-refractivity contribution is -0.117. The van der Waals surface area contributed by atoms with E-state index < -0.39 is 17.7 Å². The summed E-state index contributed by atoms with van der Waals surface area (Å²) in [6.45, 7) is 7.50. The molecule has 1 amide bonds. The smallest absolute Gasteiger partial charge is 0.294 e. The molecule has 3 aromatic rings. The predicted octanol–water partition coefficient (Wildman–Crippen LogP) is 5.16. The van der Waals surface area contributed by atoms with Crippen molar-refractivity contribution in [1.29, 1.82) is 0 Å². The van der Waals surface area contributed by atoms with Crippen molar-refractivity contribution in [2.45, 2.75) is 33.7 Å². The van der Waals surface area contributed by atoms with Crippen LogP contribution in [-0.2, 0) is 4.79 Å². The van der Waals surface area contributed by atoms with Crippen LogP contribution in [0, 0.1) is 27.7 Å². The van der Waals surface area contributed by atoms with Crippen LogP contribution < -0.4 is 4.90 Å². The number of ketones is 1. The van der Waals surface area contributed by atoms with Crippen molar-refractivity contribution in [3.63, 3.8) is 0 Å². The Labute approximate surface area is 179 Å². The Morgan fingerprint density at radius 3 is 2.30 bits per heavy atom. The molecule has 1 aliphatic rings. The fourth-order valence-corrected chi connectivity index (χ4v) is 4.78. The number of carbonyl (C=O) groups excluding carboxylic acids is 2. The highest BCUT2D eigenvalue weighted by Crippen LogP contribution is 2.43. The maximum Gasteiger partial charge on any atom is 0.294 e. The summed E-state index contributed by atoms with van der Waals surface area (Å²) in [6, 6.07) is 14.4. The monoisotopic (exact) mass is 418 g/mol. The van der Waals surface area contributed by atoms with Gasteiger partial charge in [-0.15, -0.1) is 11.3 Å². The molecule has 0 saturated heterocycles. The second kappa shape index (κ2) is 7.54. The van der Waals surface area contributed by atoms with E-state index >= 15 is 0 Å². The van der Waals surface area contributed by atoms with Gasteiger partial charge in [0.1, 0.15) is 0 Å². The Bertz CT molecular complexity index is 1210. The average molecular weight is 419 g/mol. The number of aryl methyl sites for hydroxylation is 4. The number of nitrogens with zero attached hydrogens (tertiary/aromatic N) is 2. The zero-order valence-corrected chi connectivity index (χ0v) is 18.1. The van der Waals surface area contributed by atoms with E-state index in [0.717, 1.165) is 21.7 Å². The lowest BCUT2D eigenvalue weighted by Gasteiger charge is -2.27. The molecule has 0 bridgehead atoms. The number of aliphatic hydroxyl groups excluding tert-OH is 1. The zero-order chi connectivity index (χ0) is 21.6. The topological polar surface area (TPSA) is 70.5 Å². The summed E-state index contributed by atoms with van der Waals surface area (Å²) >= 11 is 1.28. The van der Waals surface area contributed by atoms with E-state index in [4.69, 9.17) is 0 Å². The van der Waals surface area contributed by atoms with Crippen molar-refractivity contribution in [1.82, 2.24) is 4.98 Å². The van der Waals surface area contributed by atoms with E-state index in [0.29, 0.717) is 16.3 Å². The van der Waals surface area contributed by atoms with Gasteiger partial charge in [-0.05, 0) is 51.0 Å². The molecule has 0 aliphatic carbocycles.